The molecule has 0 aliphatic heterocycles. The molecule has 2 unspecified atom stereocenters. The number of hydrogen-bond donors (Lipinski definition) is 2. The van der Waals surface area contributed by atoms with Gasteiger partial charge in [-0.2, -0.15) is 0 Å². The lowest BCUT2D eigenvalue weighted by Gasteiger charge is -2.21. The third-order valence-corrected chi connectivity index (χ3v) is 4.34. The van der Waals surface area contributed by atoms with Gasteiger partial charge in [-0.25, -0.2) is 0 Å². The van der Waals surface area contributed by atoms with Crippen LogP contribution in [0.2, 0.25) is 0 Å². The van der Waals surface area contributed by atoms with Gasteiger partial charge in [0.2, 0.25) is 0 Å². The number of aliphatic hydroxyl groups is 2. The van der Waals surface area contributed by atoms with Crippen LogP contribution in [0.15, 0.2) is 54.6 Å². The van der Waals surface area contributed by atoms with Crippen LogP contribution in [-0.2, 0) is 0 Å². The highest BCUT2D eigenvalue weighted by molar-refractivity contribution is 9.09. The zero-order chi connectivity index (χ0) is 14.8. The summed E-state index contributed by atoms with van der Waals surface area (Å²) in [6.45, 7) is 0. The van der Waals surface area contributed by atoms with Crippen LogP contribution < -0.4 is 0 Å². The first kappa shape index (κ1) is 14.5. The summed E-state index contributed by atoms with van der Waals surface area (Å²) < 4.78 is 0. The maximum Gasteiger partial charge on any atom is 0.106 e. The fourth-order valence-electron chi connectivity index (χ4n) is 2.83. The first-order chi connectivity index (χ1) is 10.2. The molecule has 21 heavy (non-hydrogen) atoms. The molecule has 0 radical (unpaired) electrons. The molecule has 3 rings (SSSR count). The summed E-state index contributed by atoms with van der Waals surface area (Å²) in [7, 11) is 0. The lowest BCUT2D eigenvalue weighted by Crippen LogP contribution is -2.19. The Kier molecular flexibility index (Phi) is 4.24. The van der Waals surface area contributed by atoms with Gasteiger partial charge in [-0.1, -0.05) is 64.5 Å². The first-order valence-electron chi connectivity index (χ1n) is 7.05. The smallest absolute Gasteiger partial charge is 0.106 e. The number of aliphatic hydroxyl groups excluding tert-OH is 2. The van der Waals surface area contributed by atoms with Crippen LogP contribution in [0.25, 0.3) is 21.5 Å². The third-order valence-electron chi connectivity index (χ3n) is 3.88. The minimum atomic E-state index is -0.890. The quantitative estimate of drug-likeness (QED) is 0.550. The summed E-state index contributed by atoms with van der Waals surface area (Å²) in [6.07, 6.45) is -1.16. The SMILES string of the molecule is OC(CCBr)C(O)c1c2ccccc2cc2ccccc12. The molecular weight excluding hydrogens is 328 g/mol. The summed E-state index contributed by atoms with van der Waals surface area (Å²) in [5.41, 5.74) is 0.817. The Morgan fingerprint density at radius 1 is 0.857 bits per heavy atom. The monoisotopic (exact) mass is 344 g/mol. The van der Waals surface area contributed by atoms with E-state index in [0.29, 0.717) is 11.8 Å². The Hall–Kier alpha value is -1.42. The van der Waals surface area contributed by atoms with Crippen LogP contribution in [0.3, 0.4) is 0 Å². The molecular formula is C18H17BrO2. The van der Waals surface area contributed by atoms with E-state index in [1.807, 2.05) is 48.5 Å². The Morgan fingerprint density at radius 2 is 1.38 bits per heavy atom. The molecule has 3 heteroatoms. The number of rotatable bonds is 4. The molecule has 0 spiro atoms. The predicted molar refractivity (Wildman–Crippen MR) is 90.8 cm³/mol. The van der Waals surface area contributed by atoms with E-state index in [2.05, 4.69) is 22.0 Å². The van der Waals surface area contributed by atoms with Crippen LogP contribution >= 0.6 is 15.9 Å². The maximum atomic E-state index is 10.6. The van der Waals surface area contributed by atoms with Crippen molar-refractivity contribution in [1.82, 2.24) is 0 Å². The van der Waals surface area contributed by atoms with Crippen molar-refractivity contribution in [1.29, 1.82) is 0 Å². The Labute approximate surface area is 132 Å². The van der Waals surface area contributed by atoms with Gasteiger partial charge in [0.25, 0.3) is 0 Å². The number of halogens is 1. The van der Waals surface area contributed by atoms with E-state index in [4.69, 9.17) is 0 Å². The molecule has 0 fully saturated rings. The summed E-state index contributed by atoms with van der Waals surface area (Å²) in [6, 6.07) is 18.1. The molecule has 108 valence electrons. The van der Waals surface area contributed by atoms with Gasteiger partial charge in [-0.05, 0) is 39.6 Å². The lowest BCUT2D eigenvalue weighted by atomic mass is 9.91. The lowest BCUT2D eigenvalue weighted by molar-refractivity contribution is 0.0191. The fraction of sp³-hybridized carbons (Fsp3) is 0.222. The van der Waals surface area contributed by atoms with Crippen molar-refractivity contribution in [3.05, 3.63) is 60.2 Å². The number of benzene rings is 3. The average molecular weight is 345 g/mol. The van der Waals surface area contributed by atoms with Crippen molar-refractivity contribution in [3.8, 4) is 0 Å². The third kappa shape index (κ3) is 2.69. The molecule has 0 saturated carbocycles. The average Bonchev–Trinajstić information content (AvgIpc) is 2.52. The Morgan fingerprint density at radius 3 is 1.90 bits per heavy atom. The van der Waals surface area contributed by atoms with Gasteiger partial charge < -0.3 is 10.2 Å². The van der Waals surface area contributed by atoms with Crippen molar-refractivity contribution >= 4 is 37.5 Å². The zero-order valence-corrected chi connectivity index (χ0v) is 13.1. The van der Waals surface area contributed by atoms with Gasteiger partial charge in [0.05, 0.1) is 6.10 Å². The van der Waals surface area contributed by atoms with Crippen molar-refractivity contribution in [3.63, 3.8) is 0 Å². The van der Waals surface area contributed by atoms with Crippen molar-refractivity contribution < 1.29 is 10.2 Å². The van der Waals surface area contributed by atoms with E-state index in [1.165, 1.54) is 0 Å². The van der Waals surface area contributed by atoms with Crippen molar-refractivity contribution in [2.24, 2.45) is 0 Å². The molecule has 0 aromatic heterocycles. The molecule has 0 aliphatic carbocycles. The highest BCUT2D eigenvalue weighted by Gasteiger charge is 2.22. The summed E-state index contributed by atoms with van der Waals surface area (Å²) in [5, 5.41) is 25.7. The normalized spacial score (nSPS) is 14.4. The van der Waals surface area contributed by atoms with E-state index in [9.17, 15) is 10.2 Å². The minimum absolute atomic E-state index is 0.513. The summed E-state index contributed by atoms with van der Waals surface area (Å²) >= 11 is 3.32. The van der Waals surface area contributed by atoms with Crippen LogP contribution in [0.5, 0.6) is 0 Å². The summed E-state index contributed by atoms with van der Waals surface area (Å²) in [5.74, 6) is 0. The zero-order valence-electron chi connectivity index (χ0n) is 11.5. The van der Waals surface area contributed by atoms with Crippen molar-refractivity contribution in [2.45, 2.75) is 18.6 Å². The van der Waals surface area contributed by atoms with Gasteiger partial charge in [-0.3, -0.25) is 0 Å². The highest BCUT2D eigenvalue weighted by Crippen LogP contribution is 2.34. The molecule has 0 heterocycles. The molecule has 3 aromatic carbocycles. The van der Waals surface area contributed by atoms with Gasteiger partial charge in [0, 0.05) is 5.33 Å². The van der Waals surface area contributed by atoms with Gasteiger partial charge in [0.15, 0.2) is 0 Å². The molecule has 3 aromatic rings. The summed E-state index contributed by atoms with van der Waals surface area (Å²) in [4.78, 5) is 0. The first-order valence-corrected chi connectivity index (χ1v) is 8.17. The molecule has 2 N–H and O–H groups in total. The fourth-order valence-corrected chi connectivity index (χ4v) is 3.30. The Balaban J connectivity index is 2.29. The number of alkyl halides is 1. The standard InChI is InChI=1S/C18H17BrO2/c19-10-9-16(20)18(21)17-14-7-3-1-5-12(14)11-13-6-2-4-8-15(13)17/h1-8,11,16,18,20-21H,9-10H2. The van der Waals surface area contributed by atoms with E-state index in [0.717, 1.165) is 27.1 Å². The van der Waals surface area contributed by atoms with Crippen LogP contribution in [0, 0.1) is 0 Å². The minimum Gasteiger partial charge on any atom is -0.390 e. The molecule has 0 aliphatic rings. The predicted octanol–water partition coefficient (Wildman–Crippen LogP) is 4.17. The maximum absolute atomic E-state index is 10.6. The number of fused-ring (bicyclic) bond motifs is 2. The van der Waals surface area contributed by atoms with Crippen molar-refractivity contribution in [2.75, 3.05) is 5.33 Å². The molecule has 0 bridgehead atoms. The highest BCUT2D eigenvalue weighted by atomic mass is 79.9. The van der Waals surface area contributed by atoms with E-state index < -0.39 is 12.2 Å². The van der Waals surface area contributed by atoms with Gasteiger partial charge >= 0.3 is 0 Å². The van der Waals surface area contributed by atoms with E-state index in [-0.39, 0.29) is 0 Å². The molecule has 0 saturated heterocycles. The topological polar surface area (TPSA) is 40.5 Å². The van der Waals surface area contributed by atoms with E-state index >= 15 is 0 Å². The van der Waals surface area contributed by atoms with Crippen LogP contribution in [0.1, 0.15) is 18.1 Å². The molecule has 0 amide bonds. The largest absolute Gasteiger partial charge is 0.390 e. The van der Waals surface area contributed by atoms with Crippen LogP contribution in [-0.4, -0.2) is 21.6 Å². The van der Waals surface area contributed by atoms with E-state index in [1.54, 1.807) is 0 Å². The molecule has 2 nitrogen and oxygen atoms in total. The second-order valence-corrected chi connectivity index (χ2v) is 6.02. The second-order valence-electron chi connectivity index (χ2n) is 5.22. The van der Waals surface area contributed by atoms with Gasteiger partial charge in [0.1, 0.15) is 6.10 Å². The Bertz CT molecular complexity index is 715. The van der Waals surface area contributed by atoms with Gasteiger partial charge in [-0.15, -0.1) is 0 Å². The second kappa shape index (κ2) is 6.14. The number of hydrogen-bond acceptors (Lipinski definition) is 2. The van der Waals surface area contributed by atoms with Crippen LogP contribution in [0.4, 0.5) is 0 Å². The molecule has 2 atom stereocenters.